The number of nitrogens with one attached hydrogen (secondary N) is 3. The van der Waals surface area contributed by atoms with Crippen molar-refractivity contribution in [2.75, 3.05) is 19.6 Å². The molecule has 148 valence electrons. The third-order valence-electron chi connectivity index (χ3n) is 5.05. The van der Waals surface area contributed by atoms with Crippen molar-refractivity contribution in [3.63, 3.8) is 0 Å². The van der Waals surface area contributed by atoms with Crippen molar-refractivity contribution in [1.82, 2.24) is 16.0 Å². The SMILES string of the molecule is O=C(CC(NC(=O)c1ccccc1Cl)c1ccccc1)NCCC1CCNC1. The Labute approximate surface area is 170 Å². The van der Waals surface area contributed by atoms with Crippen LogP contribution in [0.4, 0.5) is 0 Å². The first-order valence-corrected chi connectivity index (χ1v) is 10.1. The minimum atomic E-state index is -0.418. The van der Waals surface area contributed by atoms with Crippen molar-refractivity contribution in [1.29, 1.82) is 0 Å². The molecule has 0 spiro atoms. The first kappa shape index (κ1) is 20.4. The van der Waals surface area contributed by atoms with E-state index >= 15 is 0 Å². The van der Waals surface area contributed by atoms with Crippen LogP contribution in [0.3, 0.4) is 0 Å². The number of benzene rings is 2. The van der Waals surface area contributed by atoms with Gasteiger partial charge >= 0.3 is 0 Å². The molecule has 3 rings (SSSR count). The van der Waals surface area contributed by atoms with Crippen LogP contribution in [0.25, 0.3) is 0 Å². The molecular weight excluding hydrogens is 374 g/mol. The fourth-order valence-electron chi connectivity index (χ4n) is 3.45. The molecule has 0 saturated carbocycles. The maximum absolute atomic E-state index is 12.7. The Balaban J connectivity index is 1.61. The Morgan fingerprint density at radius 2 is 1.86 bits per heavy atom. The van der Waals surface area contributed by atoms with Gasteiger partial charge in [0.25, 0.3) is 5.91 Å². The monoisotopic (exact) mass is 399 g/mol. The minimum absolute atomic E-state index is 0.0701. The summed E-state index contributed by atoms with van der Waals surface area (Å²) in [6.45, 7) is 2.74. The standard InChI is InChI=1S/C22H26ClN3O2/c23-19-9-5-4-8-18(19)22(28)26-20(17-6-2-1-3-7-17)14-21(27)25-13-11-16-10-12-24-15-16/h1-9,16,20,24H,10-15H2,(H,25,27)(H,26,28). The predicted molar refractivity (Wildman–Crippen MR) is 111 cm³/mol. The average molecular weight is 400 g/mol. The zero-order chi connectivity index (χ0) is 19.8. The molecule has 1 heterocycles. The Hall–Kier alpha value is -2.37. The van der Waals surface area contributed by atoms with E-state index < -0.39 is 6.04 Å². The van der Waals surface area contributed by atoms with E-state index in [9.17, 15) is 9.59 Å². The Kier molecular flexibility index (Phi) is 7.46. The first-order valence-electron chi connectivity index (χ1n) is 9.71. The summed E-state index contributed by atoms with van der Waals surface area (Å²) in [4.78, 5) is 25.2. The lowest BCUT2D eigenvalue weighted by molar-refractivity contribution is -0.121. The molecule has 1 aliphatic heterocycles. The second kappa shape index (κ2) is 10.2. The summed E-state index contributed by atoms with van der Waals surface area (Å²) in [6.07, 6.45) is 2.32. The average Bonchev–Trinajstić information content (AvgIpc) is 3.22. The highest BCUT2D eigenvalue weighted by Crippen LogP contribution is 2.20. The number of carbonyl (C=O) groups is 2. The highest BCUT2D eigenvalue weighted by atomic mass is 35.5. The van der Waals surface area contributed by atoms with Gasteiger partial charge in [-0.25, -0.2) is 0 Å². The summed E-state index contributed by atoms with van der Waals surface area (Å²) in [6, 6.07) is 16.0. The smallest absolute Gasteiger partial charge is 0.253 e. The second-order valence-corrected chi connectivity index (χ2v) is 7.53. The summed E-state index contributed by atoms with van der Waals surface area (Å²) < 4.78 is 0. The predicted octanol–water partition coefficient (Wildman–Crippen LogP) is 3.32. The maximum atomic E-state index is 12.7. The lowest BCUT2D eigenvalue weighted by atomic mass is 10.0. The molecule has 1 fully saturated rings. The molecule has 2 aromatic rings. The van der Waals surface area contributed by atoms with Gasteiger partial charge in [0.05, 0.1) is 23.0 Å². The number of carbonyl (C=O) groups excluding carboxylic acids is 2. The van der Waals surface area contributed by atoms with Crippen LogP contribution in [-0.4, -0.2) is 31.4 Å². The van der Waals surface area contributed by atoms with Gasteiger partial charge in [0.2, 0.25) is 5.91 Å². The molecule has 2 unspecified atom stereocenters. The van der Waals surface area contributed by atoms with Crippen LogP contribution >= 0.6 is 11.6 Å². The molecule has 6 heteroatoms. The Bertz CT molecular complexity index is 791. The fourth-order valence-corrected chi connectivity index (χ4v) is 3.67. The van der Waals surface area contributed by atoms with Crippen LogP contribution < -0.4 is 16.0 Å². The van der Waals surface area contributed by atoms with Gasteiger partial charge in [-0.3, -0.25) is 9.59 Å². The topological polar surface area (TPSA) is 70.2 Å². The summed E-state index contributed by atoms with van der Waals surface area (Å²) in [5.41, 5.74) is 1.29. The molecule has 0 aromatic heterocycles. The lowest BCUT2D eigenvalue weighted by Crippen LogP contribution is -2.34. The number of hydrogen-bond acceptors (Lipinski definition) is 3. The molecule has 2 aromatic carbocycles. The van der Waals surface area contributed by atoms with E-state index in [2.05, 4.69) is 16.0 Å². The van der Waals surface area contributed by atoms with Gasteiger partial charge in [0.1, 0.15) is 0 Å². The van der Waals surface area contributed by atoms with Crippen molar-refractivity contribution < 1.29 is 9.59 Å². The van der Waals surface area contributed by atoms with Gasteiger partial charge in [-0.2, -0.15) is 0 Å². The van der Waals surface area contributed by atoms with Gasteiger partial charge < -0.3 is 16.0 Å². The second-order valence-electron chi connectivity index (χ2n) is 7.12. The number of amides is 2. The molecule has 2 amide bonds. The molecule has 28 heavy (non-hydrogen) atoms. The van der Waals surface area contributed by atoms with E-state index in [1.807, 2.05) is 30.3 Å². The van der Waals surface area contributed by atoms with Crippen LogP contribution in [0.15, 0.2) is 54.6 Å². The summed E-state index contributed by atoms with van der Waals surface area (Å²) in [5, 5.41) is 9.67. The number of halogens is 1. The molecule has 0 bridgehead atoms. The van der Waals surface area contributed by atoms with Crippen molar-refractivity contribution in [3.8, 4) is 0 Å². The highest BCUT2D eigenvalue weighted by Gasteiger charge is 2.21. The quantitative estimate of drug-likeness (QED) is 0.637. The Morgan fingerprint density at radius 1 is 1.11 bits per heavy atom. The third kappa shape index (κ3) is 5.81. The fraction of sp³-hybridized carbons (Fsp3) is 0.364. The first-order chi connectivity index (χ1) is 13.6. The Morgan fingerprint density at radius 3 is 2.57 bits per heavy atom. The molecule has 2 atom stereocenters. The lowest BCUT2D eigenvalue weighted by Gasteiger charge is -2.20. The van der Waals surface area contributed by atoms with E-state index in [4.69, 9.17) is 11.6 Å². The van der Waals surface area contributed by atoms with Crippen molar-refractivity contribution in [2.24, 2.45) is 5.92 Å². The van der Waals surface area contributed by atoms with Crippen LogP contribution in [0.1, 0.15) is 41.2 Å². The van der Waals surface area contributed by atoms with Gasteiger partial charge in [0.15, 0.2) is 0 Å². The molecular formula is C22H26ClN3O2. The molecule has 0 aliphatic carbocycles. The molecule has 1 aliphatic rings. The summed E-state index contributed by atoms with van der Waals surface area (Å²) in [7, 11) is 0. The van der Waals surface area contributed by atoms with Crippen LogP contribution in [-0.2, 0) is 4.79 Å². The van der Waals surface area contributed by atoms with Crippen LogP contribution in [0, 0.1) is 5.92 Å². The van der Waals surface area contributed by atoms with Crippen molar-refractivity contribution in [3.05, 3.63) is 70.7 Å². The maximum Gasteiger partial charge on any atom is 0.253 e. The van der Waals surface area contributed by atoms with E-state index in [0.717, 1.165) is 31.5 Å². The zero-order valence-corrected chi connectivity index (χ0v) is 16.5. The van der Waals surface area contributed by atoms with Gasteiger partial charge in [0, 0.05) is 6.54 Å². The summed E-state index contributed by atoms with van der Waals surface area (Å²) >= 11 is 6.14. The van der Waals surface area contributed by atoms with E-state index in [1.165, 1.54) is 0 Å². The van der Waals surface area contributed by atoms with E-state index in [-0.39, 0.29) is 18.2 Å². The molecule has 3 N–H and O–H groups in total. The van der Waals surface area contributed by atoms with E-state index in [0.29, 0.717) is 23.0 Å². The van der Waals surface area contributed by atoms with Crippen molar-refractivity contribution >= 4 is 23.4 Å². The number of rotatable bonds is 8. The van der Waals surface area contributed by atoms with Crippen LogP contribution in [0.5, 0.6) is 0 Å². The van der Waals surface area contributed by atoms with Gasteiger partial charge in [-0.15, -0.1) is 0 Å². The largest absolute Gasteiger partial charge is 0.356 e. The number of hydrogen-bond donors (Lipinski definition) is 3. The highest BCUT2D eigenvalue weighted by molar-refractivity contribution is 6.33. The van der Waals surface area contributed by atoms with Crippen molar-refractivity contribution in [2.45, 2.75) is 25.3 Å². The van der Waals surface area contributed by atoms with Crippen LogP contribution in [0.2, 0.25) is 5.02 Å². The molecule has 1 saturated heterocycles. The third-order valence-corrected chi connectivity index (χ3v) is 5.38. The van der Waals surface area contributed by atoms with E-state index in [1.54, 1.807) is 24.3 Å². The normalized spacial score (nSPS) is 17.1. The molecule has 5 nitrogen and oxygen atoms in total. The zero-order valence-electron chi connectivity index (χ0n) is 15.8. The summed E-state index contributed by atoms with van der Waals surface area (Å²) in [5.74, 6) is 0.272. The molecule has 0 radical (unpaired) electrons. The van der Waals surface area contributed by atoms with Gasteiger partial charge in [-0.05, 0) is 49.5 Å². The van der Waals surface area contributed by atoms with Gasteiger partial charge in [-0.1, -0.05) is 54.1 Å². The minimum Gasteiger partial charge on any atom is -0.356 e.